The summed E-state index contributed by atoms with van der Waals surface area (Å²) in [5.74, 6) is -3.60. The normalized spacial score (nSPS) is 13.1. The highest BCUT2D eigenvalue weighted by atomic mass is 19.4. The Balaban J connectivity index is 1.96. The first-order valence-electron chi connectivity index (χ1n) is 15.5. The van der Waals surface area contributed by atoms with Crippen molar-refractivity contribution in [2.24, 2.45) is 0 Å². The number of ether oxygens (including phenoxy) is 1. The molecule has 0 aliphatic heterocycles. The molecule has 0 bridgehead atoms. The zero-order chi connectivity index (χ0) is 36.9. The molecule has 0 saturated carbocycles. The molecular formula is C37H34F8N2O3. The lowest BCUT2D eigenvalue weighted by molar-refractivity contribution is -0.253. The van der Waals surface area contributed by atoms with Gasteiger partial charge in [0.1, 0.15) is 11.6 Å². The summed E-state index contributed by atoms with van der Waals surface area (Å²) in [6, 6.07) is 19.1. The van der Waals surface area contributed by atoms with Crippen LogP contribution in [0, 0.1) is 12.7 Å². The topological polar surface area (TPSA) is 58.6 Å². The first kappa shape index (κ1) is 37.9. The molecule has 4 rings (SSSR count). The molecule has 0 radical (unpaired) electrons. The molecule has 0 spiro atoms. The predicted octanol–water partition coefficient (Wildman–Crippen LogP) is 9.18. The van der Waals surface area contributed by atoms with Crippen molar-refractivity contribution < 1.29 is 49.4 Å². The van der Waals surface area contributed by atoms with Crippen molar-refractivity contribution in [3.05, 3.63) is 136 Å². The molecule has 4 aromatic carbocycles. The molecule has 1 atom stereocenters. The number of unbranched alkanes of at least 4 members (excludes halogenated alkanes) is 1. The van der Waals surface area contributed by atoms with Crippen LogP contribution in [-0.4, -0.2) is 42.8 Å². The molecule has 50 heavy (non-hydrogen) atoms. The SMILES string of the molecule is CCCCN(C)C(=O)c1ccc([C@@](Cc2ccccc2)(NC(=O)c2ccc(C)c(C(F)(F)F)c2)c2cc(F)cc(OC(F)(F)C(F)F)c2)cc1. The average Bonchev–Trinajstić information content (AvgIpc) is 3.06. The van der Waals surface area contributed by atoms with Crippen LogP contribution in [0.25, 0.3) is 0 Å². The predicted molar refractivity (Wildman–Crippen MR) is 171 cm³/mol. The molecule has 5 nitrogen and oxygen atoms in total. The highest BCUT2D eigenvalue weighted by molar-refractivity contribution is 5.96. The Hall–Kier alpha value is -4.94. The van der Waals surface area contributed by atoms with Crippen LogP contribution in [0.15, 0.2) is 91.0 Å². The van der Waals surface area contributed by atoms with Crippen molar-refractivity contribution in [3.63, 3.8) is 0 Å². The fraction of sp³-hybridized carbons (Fsp3) is 0.297. The lowest BCUT2D eigenvalue weighted by atomic mass is 9.77. The van der Waals surface area contributed by atoms with Gasteiger partial charge in [0.25, 0.3) is 11.8 Å². The smallest absolute Gasteiger partial charge is 0.428 e. The number of halogens is 8. The van der Waals surface area contributed by atoms with Gasteiger partial charge in [0, 0.05) is 37.2 Å². The Morgan fingerprint density at radius 1 is 0.840 bits per heavy atom. The maximum Gasteiger partial charge on any atom is 0.461 e. The van der Waals surface area contributed by atoms with Gasteiger partial charge < -0.3 is 15.0 Å². The van der Waals surface area contributed by atoms with Crippen molar-refractivity contribution in [3.8, 4) is 5.75 Å². The molecule has 1 N–H and O–H groups in total. The van der Waals surface area contributed by atoms with E-state index in [1.807, 2.05) is 6.92 Å². The van der Waals surface area contributed by atoms with E-state index in [1.54, 1.807) is 37.4 Å². The summed E-state index contributed by atoms with van der Waals surface area (Å²) in [6.45, 7) is 3.65. The molecule has 0 fully saturated rings. The van der Waals surface area contributed by atoms with E-state index in [1.165, 1.54) is 36.1 Å². The zero-order valence-electron chi connectivity index (χ0n) is 27.3. The third-order valence-corrected chi connectivity index (χ3v) is 8.13. The van der Waals surface area contributed by atoms with Crippen molar-refractivity contribution in [1.82, 2.24) is 10.2 Å². The standard InChI is InChI=1S/C37H34F8N2O3/c1-4-5-17-47(3)33(49)25-13-15-27(16-14-25)35(22-24-9-7-6-8-10-24,28-19-29(38)21-30(20-28)50-37(44,45)34(39)40)46-32(48)26-12-11-23(2)31(18-26)36(41,42)43/h6-16,18-21,34H,4-5,17,22H2,1-3H3,(H,46,48)/t35-/m1/s1. The molecule has 0 unspecified atom stereocenters. The Bertz CT molecular complexity index is 1800. The molecule has 0 saturated heterocycles. The molecule has 0 aliphatic carbocycles. The van der Waals surface area contributed by atoms with Gasteiger partial charge in [0.15, 0.2) is 0 Å². The fourth-order valence-corrected chi connectivity index (χ4v) is 5.48. The third-order valence-electron chi connectivity index (χ3n) is 8.13. The van der Waals surface area contributed by atoms with Gasteiger partial charge in [0.2, 0.25) is 0 Å². The minimum atomic E-state index is -5.02. The number of nitrogens with one attached hydrogen (secondary N) is 1. The summed E-state index contributed by atoms with van der Waals surface area (Å²) >= 11 is 0. The monoisotopic (exact) mass is 706 g/mol. The van der Waals surface area contributed by atoms with Gasteiger partial charge in [-0.05, 0) is 72.0 Å². The van der Waals surface area contributed by atoms with Gasteiger partial charge in [-0.3, -0.25) is 9.59 Å². The van der Waals surface area contributed by atoms with E-state index >= 15 is 4.39 Å². The maximum absolute atomic E-state index is 15.2. The van der Waals surface area contributed by atoms with Gasteiger partial charge in [-0.15, -0.1) is 0 Å². The quantitative estimate of drug-likeness (QED) is 0.141. The van der Waals surface area contributed by atoms with E-state index in [2.05, 4.69) is 10.1 Å². The first-order chi connectivity index (χ1) is 23.5. The largest absolute Gasteiger partial charge is 0.461 e. The van der Waals surface area contributed by atoms with E-state index in [9.17, 15) is 40.3 Å². The number of amides is 2. The number of benzene rings is 4. The number of alkyl halides is 7. The molecule has 0 aliphatic rings. The van der Waals surface area contributed by atoms with E-state index in [0.717, 1.165) is 37.1 Å². The minimum Gasteiger partial charge on any atom is -0.428 e. The number of carbonyl (C=O) groups is 2. The Labute approximate surface area is 283 Å². The van der Waals surface area contributed by atoms with Crippen LogP contribution in [0.4, 0.5) is 35.1 Å². The van der Waals surface area contributed by atoms with Crippen molar-refractivity contribution in [2.45, 2.75) is 57.4 Å². The maximum atomic E-state index is 15.2. The van der Waals surface area contributed by atoms with E-state index < -0.39 is 52.9 Å². The summed E-state index contributed by atoms with van der Waals surface area (Å²) in [5.41, 5.74) is -3.00. The third kappa shape index (κ3) is 8.80. The number of nitrogens with zero attached hydrogens (tertiary/aromatic N) is 1. The molecule has 0 aromatic heterocycles. The Morgan fingerprint density at radius 2 is 1.48 bits per heavy atom. The van der Waals surface area contributed by atoms with Gasteiger partial charge in [-0.1, -0.05) is 61.9 Å². The van der Waals surface area contributed by atoms with E-state index in [4.69, 9.17) is 0 Å². The second-order valence-electron chi connectivity index (χ2n) is 11.8. The molecule has 266 valence electrons. The summed E-state index contributed by atoms with van der Waals surface area (Å²) < 4.78 is 115. The Kier molecular flexibility index (Phi) is 11.6. The molecule has 2 amide bonds. The summed E-state index contributed by atoms with van der Waals surface area (Å²) in [4.78, 5) is 28.6. The van der Waals surface area contributed by atoms with Gasteiger partial charge in [-0.25, -0.2) is 4.39 Å². The zero-order valence-corrected chi connectivity index (χ0v) is 27.3. The molecule has 0 heterocycles. The van der Waals surface area contributed by atoms with Crippen LogP contribution < -0.4 is 10.1 Å². The first-order valence-corrected chi connectivity index (χ1v) is 15.5. The van der Waals surface area contributed by atoms with Gasteiger partial charge >= 0.3 is 18.7 Å². The van der Waals surface area contributed by atoms with Crippen LogP contribution >= 0.6 is 0 Å². The second kappa shape index (κ2) is 15.3. The van der Waals surface area contributed by atoms with Gasteiger partial charge in [-0.2, -0.15) is 30.7 Å². The number of hydrogen-bond acceptors (Lipinski definition) is 3. The number of aryl methyl sites for hydroxylation is 1. The summed E-state index contributed by atoms with van der Waals surface area (Å²) in [5, 5.41) is 2.71. The number of hydrogen-bond donors (Lipinski definition) is 1. The highest BCUT2D eigenvalue weighted by Gasteiger charge is 2.45. The number of rotatable bonds is 13. The lowest BCUT2D eigenvalue weighted by Crippen LogP contribution is -2.49. The van der Waals surface area contributed by atoms with Crippen LogP contribution in [0.3, 0.4) is 0 Å². The van der Waals surface area contributed by atoms with Crippen LogP contribution in [0.1, 0.15) is 68.3 Å². The Morgan fingerprint density at radius 3 is 2.08 bits per heavy atom. The summed E-state index contributed by atoms with van der Waals surface area (Å²) in [7, 11) is 1.62. The van der Waals surface area contributed by atoms with Crippen LogP contribution in [0.2, 0.25) is 0 Å². The average molecular weight is 707 g/mol. The summed E-state index contributed by atoms with van der Waals surface area (Å²) in [6.07, 6.45) is -12.7. The highest BCUT2D eigenvalue weighted by Crippen LogP contribution is 2.39. The minimum absolute atomic E-state index is 0.152. The fourth-order valence-electron chi connectivity index (χ4n) is 5.48. The molecular weight excluding hydrogens is 672 g/mol. The van der Waals surface area contributed by atoms with E-state index in [-0.39, 0.29) is 34.6 Å². The van der Waals surface area contributed by atoms with Crippen LogP contribution in [-0.2, 0) is 18.1 Å². The van der Waals surface area contributed by atoms with E-state index in [0.29, 0.717) is 24.2 Å². The molecule has 13 heteroatoms. The van der Waals surface area contributed by atoms with Crippen LogP contribution in [0.5, 0.6) is 5.75 Å². The van der Waals surface area contributed by atoms with Crippen molar-refractivity contribution in [1.29, 1.82) is 0 Å². The van der Waals surface area contributed by atoms with Crippen molar-refractivity contribution >= 4 is 11.8 Å². The molecule has 4 aromatic rings. The number of carbonyl (C=O) groups excluding carboxylic acids is 2. The van der Waals surface area contributed by atoms with Crippen molar-refractivity contribution in [2.75, 3.05) is 13.6 Å². The second-order valence-corrected chi connectivity index (χ2v) is 11.8. The lowest BCUT2D eigenvalue weighted by Gasteiger charge is -2.37. The van der Waals surface area contributed by atoms with Gasteiger partial charge in [0.05, 0.1) is 11.1 Å².